The first kappa shape index (κ1) is 12.7. The monoisotopic (exact) mass is 255 g/mol. The highest BCUT2D eigenvalue weighted by atomic mass is 32.2. The van der Waals surface area contributed by atoms with Gasteiger partial charge >= 0.3 is 0 Å². The van der Waals surface area contributed by atoms with Gasteiger partial charge in [0.1, 0.15) is 6.04 Å². The predicted molar refractivity (Wildman–Crippen MR) is 72.0 cm³/mol. The van der Waals surface area contributed by atoms with Crippen molar-refractivity contribution in [1.29, 1.82) is 0 Å². The molecule has 2 fully saturated rings. The maximum absolute atomic E-state index is 11.0. The Kier molecular flexibility index (Phi) is 3.66. The van der Waals surface area contributed by atoms with Gasteiger partial charge in [-0.15, -0.1) is 0 Å². The van der Waals surface area contributed by atoms with Crippen molar-refractivity contribution in [3.8, 4) is 0 Å². The van der Waals surface area contributed by atoms with E-state index in [4.69, 9.17) is 5.73 Å². The number of nitrogens with zero attached hydrogens (tertiary/aromatic N) is 1. The number of nitrogens with two attached hydrogens (primary N) is 1. The molecule has 1 saturated heterocycles. The summed E-state index contributed by atoms with van der Waals surface area (Å²) >= 11 is 1.73. The van der Waals surface area contributed by atoms with Crippen LogP contribution in [0.25, 0.3) is 0 Å². The molecule has 0 aromatic carbocycles. The van der Waals surface area contributed by atoms with Gasteiger partial charge in [-0.25, -0.2) is 4.99 Å². The standard InChI is InChI=1S/C12H21N3OS/c1-8-4-3-5-12(6-8)7-17-11(15-12)14-9(2)10(13)16/h8-9H,3-7H2,1-2H3,(H2,13,16)(H,14,15). The largest absolute Gasteiger partial charge is 0.368 e. The lowest BCUT2D eigenvalue weighted by molar-refractivity contribution is -0.118. The third-order valence-corrected chi connectivity index (χ3v) is 4.85. The van der Waals surface area contributed by atoms with Gasteiger partial charge in [-0.05, 0) is 25.7 Å². The molecular formula is C12H21N3OS. The van der Waals surface area contributed by atoms with Gasteiger partial charge in [0.2, 0.25) is 5.91 Å². The van der Waals surface area contributed by atoms with E-state index in [-0.39, 0.29) is 11.4 Å². The molecule has 17 heavy (non-hydrogen) atoms. The molecule has 0 bridgehead atoms. The summed E-state index contributed by atoms with van der Waals surface area (Å²) in [5.74, 6) is 1.49. The van der Waals surface area contributed by atoms with Crippen LogP contribution in [-0.4, -0.2) is 28.4 Å². The lowest BCUT2D eigenvalue weighted by Crippen LogP contribution is -2.47. The molecule has 1 saturated carbocycles. The van der Waals surface area contributed by atoms with Crippen molar-refractivity contribution in [2.75, 3.05) is 5.75 Å². The van der Waals surface area contributed by atoms with Crippen molar-refractivity contribution in [3.05, 3.63) is 0 Å². The minimum atomic E-state index is -0.429. The fourth-order valence-corrected chi connectivity index (χ4v) is 3.99. The van der Waals surface area contributed by atoms with Crippen LogP contribution in [0.15, 0.2) is 4.99 Å². The highest BCUT2D eigenvalue weighted by Gasteiger charge is 2.40. The zero-order valence-electron chi connectivity index (χ0n) is 10.5. The number of thioether (sulfide) groups is 1. The fraction of sp³-hybridized carbons (Fsp3) is 0.833. The minimum Gasteiger partial charge on any atom is -0.368 e. The number of hydrogen-bond acceptors (Lipinski definition) is 3. The van der Waals surface area contributed by atoms with E-state index in [1.54, 1.807) is 18.7 Å². The first-order chi connectivity index (χ1) is 8.01. The maximum Gasteiger partial charge on any atom is 0.242 e. The van der Waals surface area contributed by atoms with Crippen molar-refractivity contribution in [2.45, 2.75) is 51.1 Å². The second-order valence-corrected chi connectivity index (χ2v) is 6.37. The molecule has 1 aliphatic heterocycles. The molecule has 5 heteroatoms. The van der Waals surface area contributed by atoms with Gasteiger partial charge in [0.25, 0.3) is 0 Å². The molecule has 0 aromatic rings. The zero-order chi connectivity index (χ0) is 12.5. The lowest BCUT2D eigenvalue weighted by atomic mass is 9.78. The van der Waals surface area contributed by atoms with E-state index in [2.05, 4.69) is 17.2 Å². The van der Waals surface area contributed by atoms with E-state index in [9.17, 15) is 4.79 Å². The molecule has 3 N–H and O–H groups in total. The van der Waals surface area contributed by atoms with Crippen LogP contribution in [0.2, 0.25) is 0 Å². The Hall–Kier alpha value is -0.710. The van der Waals surface area contributed by atoms with E-state index in [1.165, 1.54) is 25.7 Å². The molecule has 0 radical (unpaired) electrons. The van der Waals surface area contributed by atoms with Gasteiger partial charge in [-0.2, -0.15) is 0 Å². The van der Waals surface area contributed by atoms with Crippen LogP contribution < -0.4 is 11.1 Å². The average Bonchev–Trinajstić information content (AvgIpc) is 2.60. The van der Waals surface area contributed by atoms with Crippen molar-refractivity contribution >= 4 is 22.8 Å². The number of carbonyl (C=O) groups is 1. The number of hydrogen-bond donors (Lipinski definition) is 2. The Labute approximate surface area is 107 Å². The van der Waals surface area contributed by atoms with Crippen molar-refractivity contribution in [3.63, 3.8) is 0 Å². The van der Waals surface area contributed by atoms with Gasteiger partial charge in [0.15, 0.2) is 5.17 Å². The Morgan fingerprint density at radius 3 is 3.12 bits per heavy atom. The smallest absolute Gasteiger partial charge is 0.242 e. The van der Waals surface area contributed by atoms with Gasteiger partial charge in [0.05, 0.1) is 0 Å². The zero-order valence-corrected chi connectivity index (χ0v) is 11.3. The summed E-state index contributed by atoms with van der Waals surface area (Å²) in [5, 5.41) is 4.42. The van der Waals surface area contributed by atoms with Crippen LogP contribution >= 0.6 is 11.8 Å². The molecule has 2 aliphatic rings. The summed E-state index contributed by atoms with van der Waals surface area (Å²) in [6.07, 6.45) is 5.05. The number of amidine groups is 1. The SMILES string of the molecule is CC1CCCC2(CSC(=NC(C)C(N)=O)N2)C1. The summed E-state index contributed by atoms with van der Waals surface area (Å²) in [5.41, 5.74) is 5.44. The quantitative estimate of drug-likeness (QED) is 0.786. The van der Waals surface area contributed by atoms with E-state index in [0.717, 1.165) is 16.8 Å². The molecule has 0 aromatic heterocycles. The second-order valence-electron chi connectivity index (χ2n) is 5.41. The second kappa shape index (κ2) is 4.88. The maximum atomic E-state index is 11.0. The molecule has 3 atom stereocenters. The highest BCUT2D eigenvalue weighted by molar-refractivity contribution is 8.14. The van der Waals surface area contributed by atoms with Gasteiger partial charge in [0, 0.05) is 11.3 Å². The summed E-state index contributed by atoms with van der Waals surface area (Å²) in [6, 6.07) is -0.429. The van der Waals surface area contributed by atoms with E-state index in [1.807, 2.05) is 0 Å². The van der Waals surface area contributed by atoms with Gasteiger partial charge in [-0.1, -0.05) is 31.5 Å². The van der Waals surface area contributed by atoms with Crippen LogP contribution in [0.5, 0.6) is 0 Å². The predicted octanol–water partition coefficient (Wildman–Crippen LogP) is 1.50. The summed E-state index contributed by atoms with van der Waals surface area (Å²) in [4.78, 5) is 15.3. The van der Waals surface area contributed by atoms with Gasteiger partial charge < -0.3 is 11.1 Å². The first-order valence-corrected chi connectivity index (χ1v) is 7.27. The highest BCUT2D eigenvalue weighted by Crippen LogP contribution is 2.38. The van der Waals surface area contributed by atoms with E-state index in [0.29, 0.717) is 0 Å². The van der Waals surface area contributed by atoms with Crippen LogP contribution in [0.1, 0.15) is 39.5 Å². The van der Waals surface area contributed by atoms with Crippen molar-refractivity contribution < 1.29 is 4.79 Å². The van der Waals surface area contributed by atoms with Gasteiger partial charge in [-0.3, -0.25) is 4.79 Å². The number of rotatable bonds is 2. The minimum absolute atomic E-state index is 0.221. The Bertz CT molecular complexity index is 345. The van der Waals surface area contributed by atoms with Crippen LogP contribution in [0.4, 0.5) is 0 Å². The normalized spacial score (nSPS) is 37.1. The number of primary amides is 1. The number of carbonyl (C=O) groups excluding carboxylic acids is 1. The first-order valence-electron chi connectivity index (χ1n) is 6.29. The van der Waals surface area contributed by atoms with Crippen LogP contribution in [-0.2, 0) is 4.79 Å². The Morgan fingerprint density at radius 1 is 1.71 bits per heavy atom. The Morgan fingerprint density at radius 2 is 2.47 bits per heavy atom. The molecular weight excluding hydrogens is 234 g/mol. The van der Waals surface area contributed by atoms with Crippen molar-refractivity contribution in [1.82, 2.24) is 5.32 Å². The van der Waals surface area contributed by atoms with E-state index >= 15 is 0 Å². The third-order valence-electron chi connectivity index (χ3n) is 3.67. The molecule has 3 unspecified atom stereocenters. The summed E-state index contributed by atoms with van der Waals surface area (Å²) in [7, 11) is 0. The molecule has 1 heterocycles. The molecule has 1 spiro atoms. The fourth-order valence-electron chi connectivity index (χ4n) is 2.72. The Balaban J connectivity index is 2.01. The topological polar surface area (TPSA) is 67.5 Å². The third kappa shape index (κ3) is 2.94. The van der Waals surface area contributed by atoms with E-state index < -0.39 is 6.04 Å². The summed E-state index contributed by atoms with van der Waals surface area (Å²) in [6.45, 7) is 4.06. The molecule has 96 valence electrons. The average molecular weight is 255 g/mol. The van der Waals surface area contributed by atoms with Crippen LogP contribution in [0, 0.1) is 5.92 Å². The molecule has 4 nitrogen and oxygen atoms in total. The number of amides is 1. The van der Waals surface area contributed by atoms with Crippen LogP contribution in [0.3, 0.4) is 0 Å². The lowest BCUT2D eigenvalue weighted by Gasteiger charge is -2.36. The molecule has 1 aliphatic carbocycles. The molecule has 1 amide bonds. The van der Waals surface area contributed by atoms with Crippen molar-refractivity contribution in [2.24, 2.45) is 16.6 Å². The number of nitrogens with one attached hydrogen (secondary N) is 1. The summed E-state index contributed by atoms with van der Waals surface area (Å²) < 4.78 is 0. The molecule has 2 rings (SSSR count). The number of aliphatic imine (C=N–C) groups is 1.